The topological polar surface area (TPSA) is 130 Å². The molecule has 0 aliphatic heterocycles. The summed E-state index contributed by atoms with van der Waals surface area (Å²) < 4.78 is 116. The molecule has 18 heteroatoms. The van der Waals surface area contributed by atoms with Gasteiger partial charge in [0.05, 0.1) is 17.2 Å². The molecule has 4 rings (SSSR count). The zero-order chi connectivity index (χ0) is 32.9. The third-order valence-electron chi connectivity index (χ3n) is 6.96. The average molecular weight is 653 g/mol. The summed E-state index contributed by atoms with van der Waals surface area (Å²) in [7, 11) is 1.30. The molecule has 10 nitrogen and oxygen atoms in total. The van der Waals surface area contributed by atoms with E-state index in [0.717, 1.165) is 18.2 Å². The van der Waals surface area contributed by atoms with E-state index in [1.165, 1.54) is 13.2 Å². The van der Waals surface area contributed by atoms with Crippen molar-refractivity contribution in [1.29, 1.82) is 0 Å². The fourth-order valence-corrected chi connectivity index (χ4v) is 4.79. The lowest BCUT2D eigenvalue weighted by molar-refractivity contribution is -0.182. The predicted octanol–water partition coefficient (Wildman–Crippen LogP) is 5.48. The van der Waals surface area contributed by atoms with Crippen molar-refractivity contribution in [2.45, 2.75) is 57.0 Å². The molecule has 2 amide bonds. The van der Waals surface area contributed by atoms with Gasteiger partial charge in [-0.3, -0.25) is 9.59 Å². The number of amides is 2. The van der Waals surface area contributed by atoms with E-state index in [2.05, 4.69) is 30.9 Å². The number of pyridine rings is 1. The molecule has 0 radical (unpaired) electrons. The number of carbonyl (C=O) groups excluding carboxylic acids is 2. The maximum absolute atomic E-state index is 13.8. The van der Waals surface area contributed by atoms with E-state index in [9.17, 15) is 44.7 Å². The second-order valence-electron chi connectivity index (χ2n) is 10.3. The number of ether oxygens (including phenoxy) is 2. The van der Waals surface area contributed by atoms with Crippen molar-refractivity contribution in [2.24, 2.45) is 5.92 Å². The second kappa shape index (κ2) is 13.8. The molecule has 1 aliphatic carbocycles. The molecule has 2 aromatic heterocycles. The molecule has 0 atom stereocenters. The van der Waals surface area contributed by atoms with Crippen LogP contribution in [0, 0.1) is 5.92 Å². The first kappa shape index (κ1) is 33.7. The van der Waals surface area contributed by atoms with E-state index < -0.39 is 66.3 Å². The fraction of sp³-hybridized carbons (Fsp3) is 0.481. The monoisotopic (exact) mass is 652 g/mol. The number of H-pyrrole nitrogens is 1. The van der Waals surface area contributed by atoms with Crippen LogP contribution in [0.4, 0.5) is 46.8 Å². The van der Waals surface area contributed by atoms with E-state index in [4.69, 9.17) is 9.47 Å². The van der Waals surface area contributed by atoms with Gasteiger partial charge in [0.25, 0.3) is 12.3 Å². The van der Waals surface area contributed by atoms with Gasteiger partial charge < -0.3 is 30.4 Å². The van der Waals surface area contributed by atoms with Crippen LogP contribution in [0.2, 0.25) is 0 Å². The van der Waals surface area contributed by atoms with Gasteiger partial charge in [-0.05, 0) is 49.4 Å². The number of fused-ring (bicyclic) bond motifs is 1. The van der Waals surface area contributed by atoms with E-state index in [-0.39, 0.29) is 61.5 Å². The van der Waals surface area contributed by atoms with Crippen molar-refractivity contribution in [1.82, 2.24) is 25.6 Å². The van der Waals surface area contributed by atoms with Crippen LogP contribution in [-0.2, 0) is 22.3 Å². The number of benzene rings is 1. The highest BCUT2D eigenvalue weighted by Gasteiger charge is 2.41. The van der Waals surface area contributed by atoms with Gasteiger partial charge in [-0.2, -0.15) is 31.3 Å². The molecule has 0 unspecified atom stereocenters. The van der Waals surface area contributed by atoms with Crippen molar-refractivity contribution >= 4 is 34.6 Å². The zero-order valence-corrected chi connectivity index (χ0v) is 23.5. The summed E-state index contributed by atoms with van der Waals surface area (Å²) in [6, 6.07) is 3.61. The molecule has 45 heavy (non-hydrogen) atoms. The van der Waals surface area contributed by atoms with Crippen molar-refractivity contribution in [3.05, 3.63) is 41.0 Å². The molecule has 1 saturated carbocycles. The molecule has 1 fully saturated rings. The van der Waals surface area contributed by atoms with Gasteiger partial charge in [0, 0.05) is 19.7 Å². The number of imidazole rings is 1. The van der Waals surface area contributed by atoms with Crippen molar-refractivity contribution in [3.63, 3.8) is 0 Å². The van der Waals surface area contributed by atoms with Gasteiger partial charge in [0.1, 0.15) is 17.7 Å². The maximum Gasteiger partial charge on any atom is 0.418 e. The summed E-state index contributed by atoms with van der Waals surface area (Å²) in [4.78, 5) is 35.5. The first-order valence-corrected chi connectivity index (χ1v) is 13.6. The predicted molar refractivity (Wildman–Crippen MR) is 143 cm³/mol. The summed E-state index contributed by atoms with van der Waals surface area (Å²) in [5.41, 5.74) is -1.73. The van der Waals surface area contributed by atoms with Gasteiger partial charge >= 0.3 is 12.4 Å². The highest BCUT2D eigenvalue weighted by atomic mass is 19.4. The minimum absolute atomic E-state index is 0.0337. The van der Waals surface area contributed by atoms with E-state index in [1.807, 2.05) is 0 Å². The number of aromatic nitrogens is 3. The maximum atomic E-state index is 13.8. The van der Waals surface area contributed by atoms with E-state index in [1.54, 1.807) is 0 Å². The molecule has 1 aromatic carbocycles. The summed E-state index contributed by atoms with van der Waals surface area (Å²) in [6.07, 6.45) is -12.4. The molecule has 0 spiro atoms. The van der Waals surface area contributed by atoms with Crippen molar-refractivity contribution < 1.29 is 54.2 Å². The number of carbonyl (C=O) groups is 2. The van der Waals surface area contributed by atoms with Crippen LogP contribution in [0.15, 0.2) is 24.3 Å². The highest BCUT2D eigenvalue weighted by Crippen LogP contribution is 2.38. The first-order valence-electron chi connectivity index (χ1n) is 13.6. The Morgan fingerprint density at radius 3 is 2.38 bits per heavy atom. The smallest absolute Gasteiger partial charge is 0.418 e. The summed E-state index contributed by atoms with van der Waals surface area (Å²) in [5.74, 6) is -3.63. The zero-order valence-electron chi connectivity index (χ0n) is 23.5. The van der Waals surface area contributed by atoms with Gasteiger partial charge in [-0.1, -0.05) is 6.07 Å². The lowest BCUT2D eigenvalue weighted by Gasteiger charge is -2.30. The van der Waals surface area contributed by atoms with Crippen LogP contribution in [-0.4, -0.2) is 65.7 Å². The number of nitrogens with zero attached hydrogens (tertiary/aromatic N) is 2. The SMILES string of the molecule is COCC(=O)NCc1ccc(C(F)(F)F)c(Nc2nc3cc(C(=O)N[C@H]4CC[C@H](C(F)(F)F)CC4)c(OCC(F)F)nc3[nH]2)c1. The Labute approximate surface area is 250 Å². The molecule has 1 aliphatic rings. The molecular weight excluding hydrogens is 624 g/mol. The second-order valence-corrected chi connectivity index (χ2v) is 10.3. The van der Waals surface area contributed by atoms with Crippen LogP contribution in [0.3, 0.4) is 0 Å². The third kappa shape index (κ3) is 8.92. The Morgan fingerprint density at radius 1 is 1.04 bits per heavy atom. The van der Waals surface area contributed by atoms with Gasteiger partial charge in [-0.15, -0.1) is 0 Å². The van der Waals surface area contributed by atoms with Crippen molar-refractivity contribution in [3.8, 4) is 5.88 Å². The van der Waals surface area contributed by atoms with Crippen LogP contribution in [0.25, 0.3) is 11.2 Å². The number of hydrogen-bond donors (Lipinski definition) is 4. The third-order valence-corrected chi connectivity index (χ3v) is 6.96. The number of nitrogens with one attached hydrogen (secondary N) is 4. The summed E-state index contributed by atoms with van der Waals surface area (Å²) >= 11 is 0. The molecule has 0 bridgehead atoms. The number of methoxy groups -OCH3 is 1. The minimum atomic E-state index is -4.79. The van der Waals surface area contributed by atoms with E-state index in [0.29, 0.717) is 5.56 Å². The Balaban J connectivity index is 1.59. The van der Waals surface area contributed by atoms with E-state index >= 15 is 0 Å². The normalized spacial score (nSPS) is 17.4. The van der Waals surface area contributed by atoms with Crippen molar-refractivity contribution in [2.75, 3.05) is 25.6 Å². The molecular formula is C27H28F8N6O4. The Bertz CT molecular complexity index is 1500. The van der Waals surface area contributed by atoms with Gasteiger partial charge in [0.2, 0.25) is 17.7 Å². The number of anilines is 2. The molecule has 246 valence electrons. The largest absolute Gasteiger partial charge is 0.471 e. The quantitative estimate of drug-likeness (QED) is 0.202. The first-order chi connectivity index (χ1) is 21.1. The number of hydrogen-bond acceptors (Lipinski definition) is 7. The lowest BCUT2D eigenvalue weighted by Crippen LogP contribution is -2.40. The highest BCUT2D eigenvalue weighted by molar-refractivity contribution is 5.99. The Hall–Kier alpha value is -4.22. The lowest BCUT2D eigenvalue weighted by atomic mass is 9.85. The van der Waals surface area contributed by atoms with Crippen LogP contribution >= 0.6 is 0 Å². The Morgan fingerprint density at radius 2 is 1.76 bits per heavy atom. The molecule has 2 heterocycles. The fourth-order valence-electron chi connectivity index (χ4n) is 4.79. The minimum Gasteiger partial charge on any atom is -0.471 e. The number of rotatable bonds is 11. The van der Waals surface area contributed by atoms with Crippen LogP contribution < -0.4 is 20.7 Å². The molecule has 4 N–H and O–H groups in total. The number of alkyl halides is 8. The number of aromatic amines is 1. The van der Waals surface area contributed by atoms with Gasteiger partial charge in [-0.25, -0.2) is 13.8 Å². The van der Waals surface area contributed by atoms with Crippen LogP contribution in [0.5, 0.6) is 5.88 Å². The van der Waals surface area contributed by atoms with Crippen LogP contribution in [0.1, 0.15) is 47.2 Å². The summed E-state index contributed by atoms with van der Waals surface area (Å²) in [6.45, 7) is -1.50. The standard InChI is InChI=1S/C27H28F8N6O4/c1-44-12-21(42)36-10-13-2-7-17(27(33,34)35)18(8-13)38-25-39-19-9-16(24(40-22(19)41-25)45-11-20(28)29)23(43)37-15-5-3-14(4-6-15)26(30,31)32/h2,7-9,14-15,20H,3-6,10-12H2,1H3,(H,36,42)(H,37,43)(H2,38,39,40,41)/t14-,15-. The van der Waals surface area contributed by atoms with Gasteiger partial charge in [0.15, 0.2) is 12.3 Å². The molecule has 0 saturated heterocycles. The Kier molecular flexibility index (Phi) is 10.3. The molecule has 3 aromatic rings. The number of halogens is 8. The summed E-state index contributed by atoms with van der Waals surface area (Å²) in [5, 5.41) is 7.57. The average Bonchev–Trinajstić information content (AvgIpc) is 3.35.